The minimum absolute atomic E-state index is 0.0511. The fraction of sp³-hybridized carbons (Fsp3) is 0.933. The van der Waals surface area contributed by atoms with E-state index in [0.29, 0.717) is 12.6 Å². The lowest BCUT2D eigenvalue weighted by Crippen LogP contribution is -2.52. The molecule has 2 heterocycles. The van der Waals surface area contributed by atoms with Gasteiger partial charge in [0.15, 0.2) is 0 Å². The highest BCUT2D eigenvalue weighted by Crippen LogP contribution is 2.22. The second-order valence-corrected chi connectivity index (χ2v) is 7.00. The fourth-order valence-corrected chi connectivity index (χ4v) is 3.06. The van der Waals surface area contributed by atoms with Gasteiger partial charge in [0.25, 0.3) is 0 Å². The summed E-state index contributed by atoms with van der Waals surface area (Å²) in [7, 11) is 0. The van der Waals surface area contributed by atoms with Crippen LogP contribution in [0.25, 0.3) is 0 Å². The summed E-state index contributed by atoms with van der Waals surface area (Å²) in [6.45, 7) is 9.33. The molecule has 2 aliphatic heterocycles. The molecule has 2 aliphatic rings. The van der Waals surface area contributed by atoms with E-state index in [1.54, 1.807) is 0 Å². The maximum atomic E-state index is 12.2. The highest BCUT2D eigenvalue weighted by atomic mass is 16.5. The third-order valence-electron chi connectivity index (χ3n) is 4.45. The smallest absolute Gasteiger partial charge is 0.249 e. The van der Waals surface area contributed by atoms with Crippen LogP contribution in [0.3, 0.4) is 0 Å². The molecule has 0 bridgehead atoms. The van der Waals surface area contributed by atoms with Gasteiger partial charge in [-0.1, -0.05) is 0 Å². The van der Waals surface area contributed by atoms with Crippen LogP contribution in [0.2, 0.25) is 0 Å². The van der Waals surface area contributed by atoms with Crippen molar-refractivity contribution in [2.75, 3.05) is 19.6 Å². The molecule has 2 unspecified atom stereocenters. The Morgan fingerprint density at radius 1 is 1.25 bits per heavy atom. The van der Waals surface area contributed by atoms with E-state index in [2.05, 4.69) is 31.0 Å². The number of likely N-dealkylation sites (tertiary alicyclic amines) is 1. The molecule has 2 atom stereocenters. The molecule has 116 valence electrons. The Morgan fingerprint density at radius 2 is 1.90 bits per heavy atom. The maximum Gasteiger partial charge on any atom is 0.249 e. The number of hydrogen-bond acceptors (Lipinski definition) is 4. The van der Waals surface area contributed by atoms with Crippen LogP contribution in [0.15, 0.2) is 0 Å². The highest BCUT2D eigenvalue weighted by Gasteiger charge is 2.32. The van der Waals surface area contributed by atoms with Crippen molar-refractivity contribution in [2.24, 2.45) is 5.73 Å². The van der Waals surface area contributed by atoms with Crippen molar-refractivity contribution in [3.8, 4) is 0 Å². The van der Waals surface area contributed by atoms with Gasteiger partial charge in [-0.3, -0.25) is 9.69 Å². The second-order valence-electron chi connectivity index (χ2n) is 7.00. The average Bonchev–Trinajstić information content (AvgIpc) is 2.87. The van der Waals surface area contributed by atoms with Crippen molar-refractivity contribution in [1.29, 1.82) is 0 Å². The Hall–Kier alpha value is -0.650. The molecule has 3 N–H and O–H groups in total. The topological polar surface area (TPSA) is 67.6 Å². The number of ether oxygens (including phenoxy) is 1. The number of nitrogens with one attached hydrogen (secondary N) is 1. The van der Waals surface area contributed by atoms with Gasteiger partial charge < -0.3 is 15.8 Å². The molecule has 2 rings (SSSR count). The van der Waals surface area contributed by atoms with Crippen molar-refractivity contribution >= 4 is 5.91 Å². The molecule has 0 aromatic rings. The summed E-state index contributed by atoms with van der Waals surface area (Å²) in [5.41, 5.74) is 5.79. The lowest BCUT2D eigenvalue weighted by molar-refractivity contribution is -0.133. The predicted molar refractivity (Wildman–Crippen MR) is 79.4 cm³/mol. The zero-order valence-corrected chi connectivity index (χ0v) is 13.0. The first-order valence-electron chi connectivity index (χ1n) is 7.81. The molecule has 20 heavy (non-hydrogen) atoms. The number of rotatable bonds is 3. The Bertz CT molecular complexity index is 333. The maximum absolute atomic E-state index is 12.2. The first kappa shape index (κ1) is 15.7. The van der Waals surface area contributed by atoms with Crippen molar-refractivity contribution in [1.82, 2.24) is 10.2 Å². The average molecular weight is 283 g/mol. The lowest BCUT2D eigenvalue weighted by Gasteiger charge is -2.41. The predicted octanol–water partition coefficient (Wildman–Crippen LogP) is 0.872. The van der Waals surface area contributed by atoms with Gasteiger partial charge in [-0.05, 0) is 46.5 Å². The number of piperidine rings is 1. The van der Waals surface area contributed by atoms with Crippen LogP contribution in [0, 0.1) is 0 Å². The summed E-state index contributed by atoms with van der Waals surface area (Å²) in [5.74, 6) is 0.0511. The molecule has 2 saturated heterocycles. The van der Waals surface area contributed by atoms with Crippen LogP contribution in [-0.4, -0.2) is 54.2 Å². The van der Waals surface area contributed by atoms with Gasteiger partial charge in [0.05, 0.1) is 6.10 Å². The van der Waals surface area contributed by atoms with Gasteiger partial charge in [0.2, 0.25) is 5.91 Å². The number of carbonyl (C=O) groups is 1. The standard InChI is InChI=1S/C15H29N3O2/c1-15(2,3)18-8-6-11(7-9-18)17-14(19)13-5-4-12(10-16)20-13/h11-13H,4-10,16H2,1-3H3,(H,17,19). The molecule has 5 heteroatoms. The number of amides is 1. The summed E-state index contributed by atoms with van der Waals surface area (Å²) in [6.07, 6.45) is 3.52. The van der Waals surface area contributed by atoms with Crippen molar-refractivity contribution in [3.05, 3.63) is 0 Å². The number of nitrogens with zero attached hydrogens (tertiary/aromatic N) is 1. The molecule has 2 fully saturated rings. The Labute approximate surface area is 122 Å². The van der Waals surface area contributed by atoms with E-state index in [1.165, 1.54) is 0 Å². The van der Waals surface area contributed by atoms with E-state index in [-0.39, 0.29) is 23.7 Å². The monoisotopic (exact) mass is 283 g/mol. The van der Waals surface area contributed by atoms with E-state index < -0.39 is 0 Å². The zero-order chi connectivity index (χ0) is 14.8. The second kappa shape index (κ2) is 6.41. The Balaban J connectivity index is 1.74. The van der Waals surface area contributed by atoms with Gasteiger partial charge >= 0.3 is 0 Å². The molecule has 0 aromatic heterocycles. The molecule has 0 radical (unpaired) electrons. The highest BCUT2D eigenvalue weighted by molar-refractivity contribution is 5.81. The summed E-state index contributed by atoms with van der Waals surface area (Å²) in [5, 5.41) is 3.15. The number of carbonyl (C=O) groups excluding carboxylic acids is 1. The molecule has 0 aliphatic carbocycles. The van der Waals surface area contributed by atoms with E-state index in [1.807, 2.05) is 0 Å². The van der Waals surface area contributed by atoms with E-state index in [9.17, 15) is 4.79 Å². The summed E-state index contributed by atoms with van der Waals surface area (Å²) in [6, 6.07) is 0.293. The molecular weight excluding hydrogens is 254 g/mol. The van der Waals surface area contributed by atoms with Gasteiger partial charge in [0.1, 0.15) is 6.10 Å². The minimum atomic E-state index is -0.288. The molecule has 0 saturated carbocycles. The SMILES string of the molecule is CC(C)(C)N1CCC(NC(=O)C2CCC(CN)O2)CC1. The summed E-state index contributed by atoms with van der Waals surface area (Å²) < 4.78 is 5.64. The zero-order valence-electron chi connectivity index (χ0n) is 13.0. The van der Waals surface area contributed by atoms with Gasteiger partial charge in [-0.2, -0.15) is 0 Å². The summed E-state index contributed by atoms with van der Waals surface area (Å²) in [4.78, 5) is 14.6. The Morgan fingerprint density at radius 3 is 2.40 bits per heavy atom. The Kier molecular flexibility index (Phi) is 5.04. The molecule has 5 nitrogen and oxygen atoms in total. The van der Waals surface area contributed by atoms with Gasteiger partial charge in [-0.25, -0.2) is 0 Å². The quantitative estimate of drug-likeness (QED) is 0.806. The van der Waals surface area contributed by atoms with E-state index in [0.717, 1.165) is 38.8 Å². The third-order valence-corrected chi connectivity index (χ3v) is 4.45. The number of hydrogen-bond donors (Lipinski definition) is 2. The largest absolute Gasteiger partial charge is 0.364 e. The molecule has 0 spiro atoms. The normalized spacial score (nSPS) is 29.6. The van der Waals surface area contributed by atoms with Crippen molar-refractivity contribution in [2.45, 2.75) is 70.2 Å². The van der Waals surface area contributed by atoms with Crippen molar-refractivity contribution in [3.63, 3.8) is 0 Å². The van der Waals surface area contributed by atoms with Crippen LogP contribution >= 0.6 is 0 Å². The van der Waals surface area contributed by atoms with Crippen LogP contribution in [0.1, 0.15) is 46.5 Å². The van der Waals surface area contributed by atoms with Crippen LogP contribution < -0.4 is 11.1 Å². The minimum Gasteiger partial charge on any atom is -0.364 e. The molecular formula is C15H29N3O2. The van der Waals surface area contributed by atoms with E-state index >= 15 is 0 Å². The first-order valence-corrected chi connectivity index (χ1v) is 7.81. The first-order chi connectivity index (χ1) is 9.40. The van der Waals surface area contributed by atoms with Crippen LogP contribution in [0.4, 0.5) is 0 Å². The lowest BCUT2D eigenvalue weighted by atomic mass is 9.98. The van der Waals surface area contributed by atoms with Gasteiger partial charge in [-0.15, -0.1) is 0 Å². The summed E-state index contributed by atoms with van der Waals surface area (Å²) >= 11 is 0. The van der Waals surface area contributed by atoms with Crippen molar-refractivity contribution < 1.29 is 9.53 Å². The van der Waals surface area contributed by atoms with Crippen LogP contribution in [0.5, 0.6) is 0 Å². The van der Waals surface area contributed by atoms with E-state index in [4.69, 9.17) is 10.5 Å². The number of nitrogens with two attached hydrogens (primary N) is 1. The fourth-order valence-electron chi connectivity index (χ4n) is 3.06. The van der Waals surface area contributed by atoms with Crippen LogP contribution in [-0.2, 0) is 9.53 Å². The molecule has 1 amide bonds. The third kappa shape index (κ3) is 3.93. The van der Waals surface area contributed by atoms with Gasteiger partial charge in [0, 0.05) is 31.2 Å². The molecule has 0 aromatic carbocycles.